The summed E-state index contributed by atoms with van der Waals surface area (Å²) in [6, 6.07) is -0.336. The molecule has 1 heterocycles. The van der Waals surface area contributed by atoms with Gasteiger partial charge in [-0.3, -0.25) is 9.59 Å². The van der Waals surface area contributed by atoms with E-state index in [0.29, 0.717) is 0 Å². The van der Waals surface area contributed by atoms with Crippen LogP contribution in [0.1, 0.15) is 40.0 Å². The lowest BCUT2D eigenvalue weighted by molar-refractivity contribution is -0.140. The van der Waals surface area contributed by atoms with Gasteiger partial charge in [-0.05, 0) is 19.8 Å². The average molecular weight is 306 g/mol. The summed E-state index contributed by atoms with van der Waals surface area (Å²) in [4.78, 5) is 28.1. The van der Waals surface area contributed by atoms with Gasteiger partial charge in [0.2, 0.25) is 11.8 Å². The second-order valence-electron chi connectivity index (χ2n) is 5.01. The second kappa shape index (κ2) is 10.00. The Morgan fingerprint density at radius 3 is 2.40 bits per heavy atom. The molecule has 0 bridgehead atoms. The van der Waals surface area contributed by atoms with Gasteiger partial charge in [-0.15, -0.1) is 12.4 Å². The summed E-state index contributed by atoms with van der Waals surface area (Å²) in [7, 11) is 0. The molecule has 0 aromatic heterocycles. The van der Waals surface area contributed by atoms with Crippen LogP contribution in [0.4, 0.5) is 0 Å². The van der Waals surface area contributed by atoms with E-state index in [-0.39, 0.29) is 36.7 Å². The van der Waals surface area contributed by atoms with Crippen LogP contribution in [-0.2, 0) is 9.59 Å². The quantitative estimate of drug-likeness (QED) is 0.770. The molecule has 1 atom stereocenters. The van der Waals surface area contributed by atoms with Gasteiger partial charge < -0.3 is 15.1 Å². The minimum Gasteiger partial charge on any atom is -0.343 e. The Kier molecular flexibility index (Phi) is 9.59. The van der Waals surface area contributed by atoms with Crippen molar-refractivity contribution >= 4 is 24.2 Å². The maximum absolute atomic E-state index is 12.2. The van der Waals surface area contributed by atoms with E-state index in [0.717, 1.165) is 45.6 Å². The summed E-state index contributed by atoms with van der Waals surface area (Å²) < 4.78 is 0. The predicted octanol–water partition coefficient (Wildman–Crippen LogP) is 1.27. The van der Waals surface area contributed by atoms with E-state index in [1.165, 1.54) is 0 Å². The number of nitrogens with one attached hydrogen (secondary N) is 1. The standard InChI is InChI=1S/C14H27N3O2.ClH/c1-4-8-17(9-5-2)13(18)11-12-14(19)16(6-3)10-7-15-12;/h12,15H,4-11H2,1-3H3;1H. The Bertz CT molecular complexity index is 307. The lowest BCUT2D eigenvalue weighted by Gasteiger charge is -2.33. The van der Waals surface area contributed by atoms with Gasteiger partial charge in [0.05, 0.1) is 12.5 Å². The number of hydrogen-bond acceptors (Lipinski definition) is 3. The van der Waals surface area contributed by atoms with Gasteiger partial charge in [-0.2, -0.15) is 0 Å². The molecule has 0 saturated carbocycles. The third kappa shape index (κ3) is 5.29. The number of piperazine rings is 1. The Balaban J connectivity index is 0.00000361. The van der Waals surface area contributed by atoms with Crippen molar-refractivity contribution in [2.45, 2.75) is 46.1 Å². The van der Waals surface area contributed by atoms with Crippen LogP contribution in [0, 0.1) is 0 Å². The lowest BCUT2D eigenvalue weighted by atomic mass is 10.1. The molecular formula is C14H28ClN3O2. The predicted molar refractivity (Wildman–Crippen MR) is 83.1 cm³/mol. The molecule has 0 radical (unpaired) electrons. The first-order valence-electron chi connectivity index (χ1n) is 7.43. The summed E-state index contributed by atoms with van der Waals surface area (Å²) in [6.07, 6.45) is 2.20. The molecule has 0 aromatic carbocycles. The van der Waals surface area contributed by atoms with Crippen LogP contribution in [-0.4, -0.2) is 60.4 Å². The molecule has 1 N–H and O–H groups in total. The first-order valence-corrected chi connectivity index (χ1v) is 7.43. The molecule has 1 fully saturated rings. The van der Waals surface area contributed by atoms with Gasteiger partial charge in [0.1, 0.15) is 0 Å². The maximum atomic E-state index is 12.2. The van der Waals surface area contributed by atoms with Gasteiger partial charge in [0, 0.05) is 32.7 Å². The van der Waals surface area contributed by atoms with Crippen molar-refractivity contribution in [3.05, 3.63) is 0 Å². The van der Waals surface area contributed by atoms with Crippen LogP contribution < -0.4 is 5.32 Å². The average Bonchev–Trinajstić information content (AvgIpc) is 2.41. The molecule has 5 nitrogen and oxygen atoms in total. The number of nitrogens with zero attached hydrogens (tertiary/aromatic N) is 2. The summed E-state index contributed by atoms with van der Waals surface area (Å²) in [5, 5.41) is 3.16. The fourth-order valence-corrected chi connectivity index (χ4v) is 2.47. The number of hydrogen-bond donors (Lipinski definition) is 1. The summed E-state index contributed by atoms with van der Waals surface area (Å²) in [5.41, 5.74) is 0. The van der Waals surface area contributed by atoms with Crippen LogP contribution in [0.15, 0.2) is 0 Å². The van der Waals surface area contributed by atoms with Crippen LogP contribution in [0.25, 0.3) is 0 Å². The molecule has 118 valence electrons. The first kappa shape index (κ1) is 19.2. The molecule has 1 saturated heterocycles. The van der Waals surface area contributed by atoms with E-state index in [2.05, 4.69) is 19.2 Å². The van der Waals surface area contributed by atoms with Gasteiger partial charge in [0.15, 0.2) is 0 Å². The van der Waals surface area contributed by atoms with Gasteiger partial charge in [-0.1, -0.05) is 13.8 Å². The SMILES string of the molecule is CCCN(CCC)C(=O)CC1NCCN(CC)C1=O.Cl. The zero-order chi connectivity index (χ0) is 14.3. The largest absolute Gasteiger partial charge is 0.343 e. The highest BCUT2D eigenvalue weighted by Gasteiger charge is 2.30. The number of carbonyl (C=O) groups is 2. The fourth-order valence-electron chi connectivity index (χ4n) is 2.47. The van der Waals surface area contributed by atoms with Crippen molar-refractivity contribution in [3.63, 3.8) is 0 Å². The molecule has 1 aliphatic heterocycles. The molecule has 0 spiro atoms. The molecule has 0 aliphatic carbocycles. The molecule has 20 heavy (non-hydrogen) atoms. The van der Waals surface area contributed by atoms with Gasteiger partial charge in [0.25, 0.3) is 0 Å². The zero-order valence-corrected chi connectivity index (χ0v) is 13.7. The third-order valence-electron chi connectivity index (χ3n) is 3.48. The van der Waals surface area contributed by atoms with E-state index in [9.17, 15) is 9.59 Å². The monoisotopic (exact) mass is 305 g/mol. The van der Waals surface area contributed by atoms with E-state index in [1.807, 2.05) is 16.7 Å². The lowest BCUT2D eigenvalue weighted by Crippen LogP contribution is -2.56. The van der Waals surface area contributed by atoms with Gasteiger partial charge >= 0.3 is 0 Å². The van der Waals surface area contributed by atoms with Crippen LogP contribution in [0.3, 0.4) is 0 Å². The Hall–Kier alpha value is -0.810. The number of carbonyl (C=O) groups excluding carboxylic acids is 2. The highest BCUT2D eigenvalue weighted by molar-refractivity contribution is 5.89. The summed E-state index contributed by atoms with van der Waals surface area (Å²) >= 11 is 0. The maximum Gasteiger partial charge on any atom is 0.240 e. The molecule has 1 unspecified atom stereocenters. The third-order valence-corrected chi connectivity index (χ3v) is 3.48. The van der Waals surface area contributed by atoms with E-state index in [1.54, 1.807) is 0 Å². The summed E-state index contributed by atoms with van der Waals surface area (Å²) in [6.45, 7) is 9.92. The Morgan fingerprint density at radius 2 is 1.90 bits per heavy atom. The smallest absolute Gasteiger partial charge is 0.240 e. The van der Waals surface area contributed by atoms with Crippen LogP contribution in [0.2, 0.25) is 0 Å². The van der Waals surface area contributed by atoms with E-state index in [4.69, 9.17) is 0 Å². The Labute approximate surface area is 128 Å². The van der Waals surface area contributed by atoms with Crippen molar-refractivity contribution in [2.75, 3.05) is 32.7 Å². The van der Waals surface area contributed by atoms with Crippen molar-refractivity contribution in [2.24, 2.45) is 0 Å². The minimum absolute atomic E-state index is 0. The molecule has 1 aliphatic rings. The fraction of sp³-hybridized carbons (Fsp3) is 0.857. The zero-order valence-electron chi connectivity index (χ0n) is 12.9. The molecule has 1 rings (SSSR count). The van der Waals surface area contributed by atoms with Crippen LogP contribution >= 0.6 is 12.4 Å². The molecule has 6 heteroatoms. The van der Waals surface area contributed by atoms with Crippen molar-refractivity contribution in [1.82, 2.24) is 15.1 Å². The summed E-state index contributed by atoms with van der Waals surface area (Å²) in [5.74, 6) is 0.155. The number of halogens is 1. The normalized spacial score (nSPS) is 18.6. The van der Waals surface area contributed by atoms with Crippen molar-refractivity contribution < 1.29 is 9.59 Å². The number of rotatable bonds is 7. The first-order chi connectivity index (χ1) is 9.13. The van der Waals surface area contributed by atoms with E-state index >= 15 is 0 Å². The van der Waals surface area contributed by atoms with Gasteiger partial charge in [-0.25, -0.2) is 0 Å². The molecule has 2 amide bonds. The van der Waals surface area contributed by atoms with Crippen molar-refractivity contribution in [1.29, 1.82) is 0 Å². The molecular weight excluding hydrogens is 278 g/mol. The number of likely N-dealkylation sites (N-methyl/N-ethyl adjacent to an activating group) is 1. The van der Waals surface area contributed by atoms with Crippen LogP contribution in [0.5, 0.6) is 0 Å². The highest BCUT2D eigenvalue weighted by Crippen LogP contribution is 2.08. The second-order valence-corrected chi connectivity index (χ2v) is 5.01. The number of amides is 2. The molecule has 0 aromatic rings. The topological polar surface area (TPSA) is 52.7 Å². The Morgan fingerprint density at radius 1 is 1.30 bits per heavy atom. The van der Waals surface area contributed by atoms with E-state index < -0.39 is 0 Å². The minimum atomic E-state index is -0.336. The highest BCUT2D eigenvalue weighted by atomic mass is 35.5. The van der Waals surface area contributed by atoms with Crippen molar-refractivity contribution in [3.8, 4) is 0 Å².